The topological polar surface area (TPSA) is 45.2 Å². The monoisotopic (exact) mass is 303 g/mol. The van der Waals surface area contributed by atoms with Crippen molar-refractivity contribution in [2.75, 3.05) is 13.1 Å². The summed E-state index contributed by atoms with van der Waals surface area (Å²) in [5, 5.41) is 5.89. The van der Waals surface area contributed by atoms with Gasteiger partial charge in [-0.1, -0.05) is 6.92 Å². The van der Waals surface area contributed by atoms with Gasteiger partial charge in [-0.3, -0.25) is 9.69 Å². The zero-order valence-electron chi connectivity index (χ0n) is 11.9. The van der Waals surface area contributed by atoms with Crippen LogP contribution in [0.2, 0.25) is 0 Å². The average Bonchev–Trinajstić information content (AvgIpc) is 2.82. The lowest BCUT2D eigenvalue weighted by atomic mass is 10.2. The number of rotatable bonds is 7. The number of alkyl halides is 1. The van der Waals surface area contributed by atoms with Crippen molar-refractivity contribution in [3.63, 3.8) is 0 Å². The molecule has 0 bridgehead atoms. The summed E-state index contributed by atoms with van der Waals surface area (Å²) >= 11 is 7.36. The minimum absolute atomic E-state index is 0.0535. The predicted molar refractivity (Wildman–Crippen MR) is 80.6 cm³/mol. The van der Waals surface area contributed by atoms with Gasteiger partial charge in [0.1, 0.15) is 5.01 Å². The van der Waals surface area contributed by atoms with Crippen LogP contribution in [0.3, 0.4) is 0 Å². The van der Waals surface area contributed by atoms with Crippen LogP contribution in [-0.4, -0.2) is 34.9 Å². The second kappa shape index (κ2) is 7.82. The molecular formula is C13H22ClN3OS. The first-order valence-electron chi connectivity index (χ1n) is 6.51. The Morgan fingerprint density at radius 2 is 2.21 bits per heavy atom. The number of thiazole rings is 1. The highest BCUT2D eigenvalue weighted by atomic mass is 35.5. The Bertz CT molecular complexity index is 408. The maximum absolute atomic E-state index is 11.8. The van der Waals surface area contributed by atoms with E-state index in [4.69, 9.17) is 11.6 Å². The largest absolute Gasteiger partial charge is 0.353 e. The first kappa shape index (κ1) is 16.4. The van der Waals surface area contributed by atoms with E-state index in [0.29, 0.717) is 12.4 Å². The van der Waals surface area contributed by atoms with Gasteiger partial charge < -0.3 is 5.32 Å². The summed E-state index contributed by atoms with van der Waals surface area (Å²) in [6, 6.07) is 0.300. The Kier molecular flexibility index (Phi) is 6.75. The molecule has 0 radical (unpaired) electrons. The van der Waals surface area contributed by atoms with Gasteiger partial charge in [-0.2, -0.15) is 0 Å². The van der Waals surface area contributed by atoms with Crippen LogP contribution in [0, 0.1) is 0 Å². The predicted octanol–water partition coefficient (Wildman–Crippen LogP) is 2.79. The van der Waals surface area contributed by atoms with Crippen LogP contribution >= 0.6 is 22.9 Å². The number of nitrogens with zero attached hydrogens (tertiary/aromatic N) is 2. The number of nitrogens with one attached hydrogen (secondary N) is 1. The number of halogens is 1. The Hall–Kier alpha value is -0.650. The minimum atomic E-state index is 0.0535. The molecule has 0 saturated heterocycles. The molecule has 1 atom stereocenters. The molecule has 1 rings (SSSR count). The summed E-state index contributed by atoms with van der Waals surface area (Å²) in [5.41, 5.74) is 0.899. The van der Waals surface area contributed by atoms with Crippen LogP contribution in [0.15, 0.2) is 5.38 Å². The third kappa shape index (κ3) is 5.09. The average molecular weight is 304 g/mol. The molecule has 0 saturated carbocycles. The number of carbonyl (C=O) groups excluding carboxylic acids is 1. The molecule has 0 spiro atoms. The fourth-order valence-corrected chi connectivity index (χ4v) is 2.94. The quantitative estimate of drug-likeness (QED) is 0.788. The number of amides is 1. The first-order chi connectivity index (χ1) is 8.97. The van der Waals surface area contributed by atoms with Gasteiger partial charge >= 0.3 is 0 Å². The van der Waals surface area contributed by atoms with Crippen molar-refractivity contribution in [1.82, 2.24) is 15.2 Å². The smallest absolute Gasteiger partial charge is 0.234 e. The van der Waals surface area contributed by atoms with Gasteiger partial charge in [-0.05, 0) is 27.3 Å². The molecule has 0 aromatic carbocycles. The van der Waals surface area contributed by atoms with Gasteiger partial charge in [0.15, 0.2) is 0 Å². The Morgan fingerprint density at radius 3 is 2.68 bits per heavy atom. The molecule has 0 aliphatic carbocycles. The SMILES string of the molecule is CCN(CC(=O)NC(C)C)C(C)c1nc(CCl)cs1. The van der Waals surface area contributed by atoms with Crippen LogP contribution in [-0.2, 0) is 10.7 Å². The third-order valence-electron chi connectivity index (χ3n) is 2.81. The molecule has 0 aliphatic rings. The van der Waals surface area contributed by atoms with Crippen LogP contribution in [0.1, 0.15) is 44.4 Å². The lowest BCUT2D eigenvalue weighted by molar-refractivity contribution is -0.123. The van der Waals surface area contributed by atoms with Crippen LogP contribution in [0.25, 0.3) is 0 Å². The number of hydrogen-bond acceptors (Lipinski definition) is 4. The van der Waals surface area contributed by atoms with E-state index in [2.05, 4.69) is 29.0 Å². The van der Waals surface area contributed by atoms with E-state index in [1.54, 1.807) is 11.3 Å². The number of likely N-dealkylation sites (N-methyl/N-ethyl adjacent to an activating group) is 1. The number of aromatic nitrogens is 1. The van der Waals surface area contributed by atoms with Crippen molar-refractivity contribution in [3.05, 3.63) is 16.1 Å². The Labute approximate surface area is 124 Å². The maximum atomic E-state index is 11.8. The zero-order valence-corrected chi connectivity index (χ0v) is 13.5. The normalized spacial score (nSPS) is 13.0. The van der Waals surface area contributed by atoms with Crippen molar-refractivity contribution in [2.24, 2.45) is 0 Å². The summed E-state index contributed by atoms with van der Waals surface area (Å²) < 4.78 is 0. The second-order valence-corrected chi connectivity index (χ2v) is 5.93. The highest BCUT2D eigenvalue weighted by molar-refractivity contribution is 7.09. The Morgan fingerprint density at radius 1 is 1.53 bits per heavy atom. The van der Waals surface area contributed by atoms with Crippen molar-refractivity contribution >= 4 is 28.8 Å². The molecule has 1 aromatic heterocycles. The van der Waals surface area contributed by atoms with Crippen molar-refractivity contribution in [1.29, 1.82) is 0 Å². The number of hydrogen-bond donors (Lipinski definition) is 1. The standard InChI is InChI=1S/C13H22ClN3OS/c1-5-17(7-12(18)15-9(2)3)10(4)13-16-11(6-14)8-19-13/h8-10H,5-7H2,1-4H3,(H,15,18). The molecule has 6 heteroatoms. The summed E-state index contributed by atoms with van der Waals surface area (Å²) in [6.07, 6.45) is 0. The Balaban J connectivity index is 2.65. The van der Waals surface area contributed by atoms with Gasteiger partial charge in [0.25, 0.3) is 0 Å². The van der Waals surface area contributed by atoms with E-state index in [0.717, 1.165) is 17.2 Å². The summed E-state index contributed by atoms with van der Waals surface area (Å²) in [6.45, 7) is 9.25. The van der Waals surface area contributed by atoms with E-state index >= 15 is 0 Å². The zero-order chi connectivity index (χ0) is 14.4. The van der Waals surface area contributed by atoms with Crippen molar-refractivity contribution in [2.45, 2.75) is 45.7 Å². The molecule has 1 aromatic rings. The maximum Gasteiger partial charge on any atom is 0.234 e. The molecule has 108 valence electrons. The lowest BCUT2D eigenvalue weighted by Crippen LogP contribution is -2.41. The molecule has 1 N–H and O–H groups in total. The van der Waals surface area contributed by atoms with E-state index in [1.165, 1.54) is 0 Å². The molecule has 0 fully saturated rings. The van der Waals surface area contributed by atoms with E-state index in [-0.39, 0.29) is 18.0 Å². The third-order valence-corrected chi connectivity index (χ3v) is 4.15. The van der Waals surface area contributed by atoms with Gasteiger partial charge in [0.2, 0.25) is 5.91 Å². The summed E-state index contributed by atoms with van der Waals surface area (Å²) in [5.74, 6) is 0.487. The minimum Gasteiger partial charge on any atom is -0.353 e. The molecule has 19 heavy (non-hydrogen) atoms. The number of carbonyl (C=O) groups is 1. The van der Waals surface area contributed by atoms with Crippen LogP contribution in [0.5, 0.6) is 0 Å². The molecule has 1 unspecified atom stereocenters. The summed E-state index contributed by atoms with van der Waals surface area (Å²) in [4.78, 5) is 18.4. The van der Waals surface area contributed by atoms with E-state index < -0.39 is 0 Å². The van der Waals surface area contributed by atoms with E-state index in [1.807, 2.05) is 19.2 Å². The first-order valence-corrected chi connectivity index (χ1v) is 7.93. The van der Waals surface area contributed by atoms with Gasteiger partial charge in [-0.25, -0.2) is 4.98 Å². The van der Waals surface area contributed by atoms with Crippen LogP contribution in [0.4, 0.5) is 0 Å². The fraction of sp³-hybridized carbons (Fsp3) is 0.692. The van der Waals surface area contributed by atoms with Gasteiger partial charge in [0.05, 0.1) is 24.2 Å². The highest BCUT2D eigenvalue weighted by Crippen LogP contribution is 2.24. The van der Waals surface area contributed by atoms with Crippen LogP contribution < -0.4 is 5.32 Å². The van der Waals surface area contributed by atoms with Crippen molar-refractivity contribution < 1.29 is 4.79 Å². The lowest BCUT2D eigenvalue weighted by Gasteiger charge is -2.26. The molecular weight excluding hydrogens is 282 g/mol. The van der Waals surface area contributed by atoms with Gasteiger partial charge in [0, 0.05) is 11.4 Å². The second-order valence-electron chi connectivity index (χ2n) is 4.77. The van der Waals surface area contributed by atoms with E-state index in [9.17, 15) is 4.79 Å². The molecule has 0 aliphatic heterocycles. The van der Waals surface area contributed by atoms with Crippen molar-refractivity contribution in [3.8, 4) is 0 Å². The molecule has 1 amide bonds. The highest BCUT2D eigenvalue weighted by Gasteiger charge is 2.20. The molecule has 4 nitrogen and oxygen atoms in total. The molecule has 1 heterocycles. The van der Waals surface area contributed by atoms with Gasteiger partial charge in [-0.15, -0.1) is 22.9 Å². The summed E-state index contributed by atoms with van der Waals surface area (Å²) in [7, 11) is 0. The fourth-order valence-electron chi connectivity index (χ4n) is 1.81.